The molecule has 1 aliphatic rings. The van der Waals surface area contributed by atoms with Gasteiger partial charge in [-0.05, 0) is 79.1 Å². The molecule has 3 aromatic carbocycles. The molecule has 2 aromatic heterocycles. The van der Waals surface area contributed by atoms with E-state index in [0.717, 1.165) is 39.5 Å². The Kier molecular flexibility index (Phi) is 11.0. The maximum Gasteiger partial charge on any atom is 0.416 e. The molecule has 0 unspecified atom stereocenters. The van der Waals surface area contributed by atoms with E-state index in [4.69, 9.17) is 26.2 Å². The number of rotatable bonds is 14. The van der Waals surface area contributed by atoms with E-state index < -0.39 is 23.9 Å². The summed E-state index contributed by atoms with van der Waals surface area (Å²) in [6.45, 7) is 3.10. The Labute approximate surface area is 295 Å². The molecule has 3 heterocycles. The van der Waals surface area contributed by atoms with Crippen molar-refractivity contribution in [2.45, 2.75) is 45.2 Å². The van der Waals surface area contributed by atoms with Gasteiger partial charge in [-0.15, -0.1) is 0 Å². The Balaban J connectivity index is 1.19. The fourth-order valence-electron chi connectivity index (χ4n) is 6.16. The smallest absolute Gasteiger partial charge is 0.416 e. The van der Waals surface area contributed by atoms with Crippen LogP contribution in [-0.2, 0) is 28.9 Å². The number of carbonyl (C=O) groups excluding carboxylic acids is 2. The van der Waals surface area contributed by atoms with Crippen LogP contribution in [0, 0.1) is 18.7 Å². The number of aromatic nitrogens is 4. The fourth-order valence-corrected chi connectivity index (χ4v) is 6.28. The Bertz CT molecular complexity index is 1940. The Morgan fingerprint density at radius 3 is 2.54 bits per heavy atom. The van der Waals surface area contributed by atoms with Crippen molar-refractivity contribution in [1.82, 2.24) is 24.9 Å². The summed E-state index contributed by atoms with van der Waals surface area (Å²) in [5.74, 6) is 0.0644. The van der Waals surface area contributed by atoms with Gasteiger partial charge in [-0.25, -0.2) is 18.8 Å². The van der Waals surface area contributed by atoms with Crippen LogP contribution in [0.1, 0.15) is 35.1 Å². The fraction of sp³-hybridized carbons (Fsp3) is 0.289. The van der Waals surface area contributed by atoms with Crippen LogP contribution in [0.5, 0.6) is 5.75 Å². The second-order valence-electron chi connectivity index (χ2n) is 12.4. The number of imide groups is 1. The third-order valence-electron chi connectivity index (χ3n) is 8.84. The summed E-state index contributed by atoms with van der Waals surface area (Å²) in [4.78, 5) is 28.3. The van der Waals surface area contributed by atoms with E-state index in [0.29, 0.717) is 37.9 Å². The van der Waals surface area contributed by atoms with Crippen molar-refractivity contribution in [3.63, 3.8) is 0 Å². The van der Waals surface area contributed by atoms with Gasteiger partial charge in [0.2, 0.25) is 5.91 Å². The summed E-state index contributed by atoms with van der Waals surface area (Å²) >= 11 is 5.95. The summed E-state index contributed by atoms with van der Waals surface area (Å²) in [7, 11) is 1.63. The van der Waals surface area contributed by atoms with E-state index in [2.05, 4.69) is 15.5 Å². The van der Waals surface area contributed by atoms with Crippen molar-refractivity contribution in [3.8, 4) is 17.0 Å². The number of methoxy groups -OCH3 is 1. The van der Waals surface area contributed by atoms with Gasteiger partial charge < -0.3 is 14.8 Å². The number of nitrogens with one attached hydrogen (secondary N) is 1. The monoisotopic (exact) mass is 696 g/mol. The highest BCUT2D eigenvalue weighted by molar-refractivity contribution is 6.30. The SMILES string of the molecule is COc1ccc(Cn2nc(-c3cnncc3C)cc2NCCC[C@@H](Cc2ccc(Cl)c(F)c2)C(=O)N2C(=O)OC[C@H]2Cc2ccccc2)cc1. The molecule has 10 nitrogen and oxygen atoms in total. The number of hydrogen-bond acceptors (Lipinski definition) is 8. The van der Waals surface area contributed by atoms with Crippen molar-refractivity contribution in [3.05, 3.63) is 124 Å². The number of nitrogens with zero attached hydrogens (tertiary/aromatic N) is 5. The molecule has 6 rings (SSSR count). The summed E-state index contributed by atoms with van der Waals surface area (Å²) < 4.78 is 27.0. The zero-order valence-electron chi connectivity index (χ0n) is 27.9. The highest BCUT2D eigenvalue weighted by atomic mass is 35.5. The molecule has 5 aromatic rings. The zero-order valence-corrected chi connectivity index (χ0v) is 28.6. The molecule has 1 saturated heterocycles. The minimum absolute atomic E-state index is 0.00948. The lowest BCUT2D eigenvalue weighted by atomic mass is 9.92. The van der Waals surface area contributed by atoms with Crippen LogP contribution in [0.4, 0.5) is 15.0 Å². The zero-order chi connectivity index (χ0) is 35.0. The number of amides is 2. The first-order valence-electron chi connectivity index (χ1n) is 16.5. The number of cyclic esters (lactones) is 1. The van der Waals surface area contributed by atoms with Crippen LogP contribution in [0.25, 0.3) is 11.3 Å². The van der Waals surface area contributed by atoms with Gasteiger partial charge in [0.1, 0.15) is 24.0 Å². The van der Waals surface area contributed by atoms with Crippen LogP contribution in [-0.4, -0.2) is 63.2 Å². The van der Waals surface area contributed by atoms with Crippen LogP contribution in [0.15, 0.2) is 91.3 Å². The molecule has 2 atom stereocenters. The molecule has 0 radical (unpaired) electrons. The largest absolute Gasteiger partial charge is 0.497 e. The minimum atomic E-state index is -0.655. The van der Waals surface area contributed by atoms with Gasteiger partial charge in [-0.3, -0.25) is 4.79 Å². The third kappa shape index (κ3) is 8.28. The highest BCUT2D eigenvalue weighted by Crippen LogP contribution is 2.28. The van der Waals surface area contributed by atoms with E-state index in [1.165, 1.54) is 17.0 Å². The number of aryl methyl sites for hydroxylation is 1. The molecular weight excluding hydrogens is 659 g/mol. The first-order valence-corrected chi connectivity index (χ1v) is 16.9. The predicted molar refractivity (Wildman–Crippen MR) is 189 cm³/mol. The molecular formula is C38H38ClFN6O4. The van der Waals surface area contributed by atoms with Crippen molar-refractivity contribution in [1.29, 1.82) is 0 Å². The number of halogens is 2. The average molecular weight is 697 g/mol. The van der Waals surface area contributed by atoms with Crippen molar-refractivity contribution >= 4 is 29.4 Å². The maximum atomic E-state index is 14.4. The third-order valence-corrected chi connectivity index (χ3v) is 9.15. The lowest BCUT2D eigenvalue weighted by Gasteiger charge is -2.25. The van der Waals surface area contributed by atoms with Gasteiger partial charge in [0.25, 0.3) is 0 Å². The molecule has 1 fully saturated rings. The van der Waals surface area contributed by atoms with Crippen molar-refractivity contribution in [2.24, 2.45) is 5.92 Å². The molecule has 0 aliphatic carbocycles. The van der Waals surface area contributed by atoms with Gasteiger partial charge in [-0.1, -0.05) is 60.1 Å². The van der Waals surface area contributed by atoms with Gasteiger partial charge in [0.05, 0.1) is 42.8 Å². The minimum Gasteiger partial charge on any atom is -0.497 e. The number of carbonyl (C=O) groups is 2. The molecule has 12 heteroatoms. The maximum absolute atomic E-state index is 14.4. The lowest BCUT2D eigenvalue weighted by Crippen LogP contribution is -2.44. The second-order valence-corrected chi connectivity index (χ2v) is 12.8. The Hall–Kier alpha value is -5.29. The summed E-state index contributed by atoms with van der Waals surface area (Å²) in [5.41, 5.74) is 5.23. The van der Waals surface area contributed by atoms with E-state index in [-0.39, 0.29) is 24.0 Å². The molecule has 50 heavy (non-hydrogen) atoms. The lowest BCUT2D eigenvalue weighted by molar-refractivity contribution is -0.133. The standard InChI is InChI=1S/C38H38ClFN6O4/c1-25-21-42-43-22-32(25)35-20-36(45(44-35)23-27-10-13-31(49-2)14-11-27)41-16-6-9-29(17-28-12-15-33(39)34(40)19-28)37(47)46-30(24-50-38(46)48)18-26-7-4-3-5-8-26/h3-5,7-8,10-15,19-22,29-30,41H,6,9,16-18,23-24H2,1-2H3/t29-,30+/m0/s1. The van der Waals surface area contributed by atoms with E-state index in [1.807, 2.05) is 72.3 Å². The molecule has 0 saturated carbocycles. The van der Waals surface area contributed by atoms with E-state index >= 15 is 0 Å². The topological polar surface area (TPSA) is 111 Å². The normalized spacial score (nSPS) is 14.8. The molecule has 1 aliphatic heterocycles. The summed E-state index contributed by atoms with van der Waals surface area (Å²) in [6, 6.07) is 23.6. The van der Waals surface area contributed by atoms with Crippen LogP contribution in [0.2, 0.25) is 5.02 Å². The number of anilines is 1. The molecule has 1 N–H and O–H groups in total. The van der Waals surface area contributed by atoms with Gasteiger partial charge in [-0.2, -0.15) is 15.3 Å². The number of benzene rings is 3. The number of hydrogen-bond donors (Lipinski definition) is 1. The first kappa shape index (κ1) is 34.6. The highest BCUT2D eigenvalue weighted by Gasteiger charge is 2.40. The second kappa shape index (κ2) is 15.9. The summed E-state index contributed by atoms with van der Waals surface area (Å²) in [5, 5.41) is 16.4. The van der Waals surface area contributed by atoms with Crippen LogP contribution >= 0.6 is 11.6 Å². The van der Waals surface area contributed by atoms with Crippen LogP contribution < -0.4 is 10.1 Å². The van der Waals surface area contributed by atoms with Crippen molar-refractivity contribution in [2.75, 3.05) is 25.6 Å². The van der Waals surface area contributed by atoms with Gasteiger partial charge >= 0.3 is 6.09 Å². The first-order chi connectivity index (χ1) is 24.3. The Morgan fingerprint density at radius 1 is 1.04 bits per heavy atom. The number of ether oxygens (including phenoxy) is 2. The Morgan fingerprint density at radius 2 is 1.80 bits per heavy atom. The van der Waals surface area contributed by atoms with E-state index in [9.17, 15) is 14.0 Å². The predicted octanol–water partition coefficient (Wildman–Crippen LogP) is 7.14. The average Bonchev–Trinajstić information content (AvgIpc) is 3.70. The molecule has 0 spiro atoms. The summed E-state index contributed by atoms with van der Waals surface area (Å²) in [6.07, 6.45) is 4.48. The van der Waals surface area contributed by atoms with Crippen molar-refractivity contribution < 1.29 is 23.5 Å². The van der Waals surface area contributed by atoms with Crippen LogP contribution in [0.3, 0.4) is 0 Å². The van der Waals surface area contributed by atoms with Gasteiger partial charge in [0, 0.05) is 24.1 Å². The molecule has 2 amide bonds. The molecule has 0 bridgehead atoms. The van der Waals surface area contributed by atoms with Gasteiger partial charge in [0.15, 0.2) is 0 Å². The quantitative estimate of drug-likeness (QED) is 0.122. The van der Waals surface area contributed by atoms with E-state index in [1.54, 1.807) is 25.6 Å². The molecule has 258 valence electrons.